The minimum Gasteiger partial charge on any atom is -0.497 e. The molecule has 0 saturated carbocycles. The molecule has 2 aromatic rings. The van der Waals surface area contributed by atoms with E-state index in [1.807, 2.05) is 25.2 Å². The Hall–Kier alpha value is -2.00. The van der Waals surface area contributed by atoms with Crippen LogP contribution < -0.4 is 14.8 Å². The van der Waals surface area contributed by atoms with Crippen molar-refractivity contribution in [3.8, 4) is 11.5 Å². The highest BCUT2D eigenvalue weighted by Crippen LogP contribution is 2.37. The van der Waals surface area contributed by atoms with E-state index in [9.17, 15) is 0 Å². The predicted molar refractivity (Wildman–Crippen MR) is 84.0 cm³/mol. The Labute approximate surface area is 125 Å². The highest BCUT2D eigenvalue weighted by molar-refractivity contribution is 5.44. The van der Waals surface area contributed by atoms with Crippen molar-refractivity contribution in [3.05, 3.63) is 59.7 Å². The van der Waals surface area contributed by atoms with Crippen molar-refractivity contribution < 1.29 is 9.47 Å². The van der Waals surface area contributed by atoms with Crippen LogP contribution in [0.1, 0.15) is 23.6 Å². The van der Waals surface area contributed by atoms with Gasteiger partial charge in [0.05, 0.1) is 7.11 Å². The quantitative estimate of drug-likeness (QED) is 0.933. The molecule has 0 saturated heterocycles. The second-order valence-electron chi connectivity index (χ2n) is 5.41. The van der Waals surface area contributed by atoms with Crippen LogP contribution in [-0.4, -0.2) is 20.3 Å². The number of benzene rings is 2. The number of ether oxygens (including phenoxy) is 2. The Morgan fingerprint density at radius 1 is 1.19 bits per heavy atom. The first kappa shape index (κ1) is 14.0. The number of hydrogen-bond donors (Lipinski definition) is 1. The SMILES string of the molecule is CNC1CC(Cc2ccccc2)Oc2cc(OC)ccc21. The largest absolute Gasteiger partial charge is 0.497 e. The summed E-state index contributed by atoms with van der Waals surface area (Å²) in [5.74, 6) is 1.77. The summed E-state index contributed by atoms with van der Waals surface area (Å²) in [6.07, 6.45) is 2.09. The van der Waals surface area contributed by atoms with Crippen LogP contribution in [-0.2, 0) is 6.42 Å². The third kappa shape index (κ3) is 3.03. The van der Waals surface area contributed by atoms with E-state index in [2.05, 4.69) is 35.6 Å². The molecule has 110 valence electrons. The number of methoxy groups -OCH3 is 1. The van der Waals surface area contributed by atoms with E-state index >= 15 is 0 Å². The van der Waals surface area contributed by atoms with Crippen LogP contribution in [0.2, 0.25) is 0 Å². The Bertz CT molecular complexity index is 597. The molecular formula is C18H21NO2. The Kier molecular flexibility index (Phi) is 4.11. The van der Waals surface area contributed by atoms with Crippen LogP contribution >= 0.6 is 0 Å². The minimum absolute atomic E-state index is 0.185. The third-order valence-electron chi connectivity index (χ3n) is 4.04. The molecule has 0 aromatic heterocycles. The average molecular weight is 283 g/mol. The predicted octanol–water partition coefficient (Wildman–Crippen LogP) is 3.35. The fourth-order valence-electron chi connectivity index (χ4n) is 2.92. The van der Waals surface area contributed by atoms with Crippen LogP contribution in [0.3, 0.4) is 0 Å². The van der Waals surface area contributed by atoms with Crippen LogP contribution in [0.4, 0.5) is 0 Å². The zero-order valence-electron chi connectivity index (χ0n) is 12.5. The van der Waals surface area contributed by atoms with Gasteiger partial charge in [-0.2, -0.15) is 0 Å². The molecule has 1 heterocycles. The van der Waals surface area contributed by atoms with Gasteiger partial charge >= 0.3 is 0 Å². The molecule has 0 aliphatic carbocycles. The number of nitrogens with one attached hydrogen (secondary N) is 1. The van der Waals surface area contributed by atoms with Crippen molar-refractivity contribution in [1.29, 1.82) is 0 Å². The molecule has 0 radical (unpaired) electrons. The highest BCUT2D eigenvalue weighted by atomic mass is 16.5. The van der Waals surface area contributed by atoms with Crippen LogP contribution in [0.25, 0.3) is 0 Å². The van der Waals surface area contributed by atoms with Crippen LogP contribution in [0.15, 0.2) is 48.5 Å². The lowest BCUT2D eigenvalue weighted by Gasteiger charge is -2.32. The van der Waals surface area contributed by atoms with Crippen molar-refractivity contribution in [2.24, 2.45) is 0 Å². The smallest absolute Gasteiger partial charge is 0.128 e. The molecule has 2 unspecified atom stereocenters. The van der Waals surface area contributed by atoms with E-state index in [0.29, 0.717) is 6.04 Å². The molecule has 0 spiro atoms. The summed E-state index contributed by atoms with van der Waals surface area (Å²) in [5, 5.41) is 3.39. The zero-order valence-corrected chi connectivity index (χ0v) is 12.5. The molecule has 3 rings (SSSR count). The molecule has 1 N–H and O–H groups in total. The van der Waals surface area contributed by atoms with Crippen molar-refractivity contribution >= 4 is 0 Å². The van der Waals surface area contributed by atoms with E-state index in [1.54, 1.807) is 7.11 Å². The normalized spacial score (nSPS) is 20.5. The Morgan fingerprint density at radius 2 is 2.00 bits per heavy atom. The average Bonchev–Trinajstić information content (AvgIpc) is 2.54. The summed E-state index contributed by atoms with van der Waals surface area (Å²) >= 11 is 0. The van der Waals surface area contributed by atoms with Crippen molar-refractivity contribution in [1.82, 2.24) is 5.32 Å². The lowest BCUT2D eigenvalue weighted by Crippen LogP contribution is -2.32. The van der Waals surface area contributed by atoms with Gasteiger partial charge in [-0.05, 0) is 18.7 Å². The Morgan fingerprint density at radius 3 is 2.71 bits per heavy atom. The van der Waals surface area contributed by atoms with Crippen molar-refractivity contribution in [2.45, 2.75) is 25.0 Å². The maximum atomic E-state index is 6.19. The zero-order chi connectivity index (χ0) is 14.7. The molecule has 2 atom stereocenters. The molecule has 1 aliphatic rings. The first-order valence-electron chi connectivity index (χ1n) is 7.36. The molecule has 21 heavy (non-hydrogen) atoms. The number of rotatable bonds is 4. The fourth-order valence-corrected chi connectivity index (χ4v) is 2.92. The van der Waals surface area contributed by atoms with Gasteiger partial charge in [-0.3, -0.25) is 0 Å². The minimum atomic E-state index is 0.185. The third-order valence-corrected chi connectivity index (χ3v) is 4.04. The molecule has 3 nitrogen and oxygen atoms in total. The first-order valence-corrected chi connectivity index (χ1v) is 7.36. The van der Waals surface area contributed by atoms with Gasteiger partial charge in [0.15, 0.2) is 0 Å². The molecule has 1 aliphatic heterocycles. The molecule has 3 heteroatoms. The van der Waals surface area contributed by atoms with Gasteiger partial charge < -0.3 is 14.8 Å². The second-order valence-corrected chi connectivity index (χ2v) is 5.41. The summed E-state index contributed by atoms with van der Waals surface area (Å²) in [7, 11) is 3.69. The summed E-state index contributed by atoms with van der Waals surface area (Å²) in [6, 6.07) is 16.9. The molecule has 0 bridgehead atoms. The lowest BCUT2D eigenvalue weighted by molar-refractivity contribution is 0.151. The fraction of sp³-hybridized carbons (Fsp3) is 0.333. The van der Waals surface area contributed by atoms with Crippen LogP contribution in [0, 0.1) is 0 Å². The summed E-state index contributed by atoms with van der Waals surface area (Å²) in [6.45, 7) is 0. The number of fused-ring (bicyclic) bond motifs is 1. The summed E-state index contributed by atoms with van der Waals surface area (Å²) in [4.78, 5) is 0. The van der Waals surface area contributed by atoms with E-state index in [0.717, 1.165) is 24.3 Å². The molecule has 0 amide bonds. The maximum Gasteiger partial charge on any atom is 0.128 e. The molecule has 2 aromatic carbocycles. The van der Waals surface area contributed by atoms with Gasteiger partial charge in [0.1, 0.15) is 17.6 Å². The topological polar surface area (TPSA) is 30.5 Å². The van der Waals surface area contributed by atoms with Gasteiger partial charge in [0, 0.05) is 30.5 Å². The molecular weight excluding hydrogens is 262 g/mol. The van der Waals surface area contributed by atoms with Gasteiger partial charge in [-0.1, -0.05) is 36.4 Å². The van der Waals surface area contributed by atoms with E-state index in [-0.39, 0.29) is 6.10 Å². The van der Waals surface area contributed by atoms with E-state index in [1.165, 1.54) is 11.1 Å². The standard InChI is InChI=1S/C18H21NO2/c1-19-17-11-15(10-13-6-4-3-5-7-13)21-18-12-14(20-2)8-9-16(17)18/h3-9,12,15,17,19H,10-11H2,1-2H3. The van der Waals surface area contributed by atoms with Crippen LogP contribution in [0.5, 0.6) is 11.5 Å². The van der Waals surface area contributed by atoms with Gasteiger partial charge in [-0.15, -0.1) is 0 Å². The van der Waals surface area contributed by atoms with Gasteiger partial charge in [0.25, 0.3) is 0 Å². The summed E-state index contributed by atoms with van der Waals surface area (Å²) in [5.41, 5.74) is 2.52. The maximum absolute atomic E-state index is 6.19. The van der Waals surface area contributed by atoms with Crippen molar-refractivity contribution in [3.63, 3.8) is 0 Å². The monoisotopic (exact) mass is 283 g/mol. The number of hydrogen-bond acceptors (Lipinski definition) is 3. The Balaban J connectivity index is 1.83. The highest BCUT2D eigenvalue weighted by Gasteiger charge is 2.27. The van der Waals surface area contributed by atoms with Crippen molar-refractivity contribution in [2.75, 3.05) is 14.2 Å². The lowest BCUT2D eigenvalue weighted by atomic mass is 9.93. The molecule has 0 fully saturated rings. The van der Waals surface area contributed by atoms with E-state index in [4.69, 9.17) is 9.47 Å². The first-order chi connectivity index (χ1) is 10.3. The summed E-state index contributed by atoms with van der Waals surface area (Å²) < 4.78 is 11.5. The second kappa shape index (κ2) is 6.19. The van der Waals surface area contributed by atoms with Gasteiger partial charge in [-0.25, -0.2) is 0 Å². The van der Waals surface area contributed by atoms with E-state index < -0.39 is 0 Å². The van der Waals surface area contributed by atoms with Gasteiger partial charge in [0.2, 0.25) is 0 Å².